The predicted molar refractivity (Wildman–Crippen MR) is 81.6 cm³/mol. The third-order valence-electron chi connectivity index (χ3n) is 5.23. The van der Waals surface area contributed by atoms with E-state index in [9.17, 15) is 5.11 Å². The molecule has 1 unspecified atom stereocenters. The molecule has 1 fully saturated rings. The lowest BCUT2D eigenvalue weighted by Gasteiger charge is -2.46. The molecule has 0 saturated heterocycles. The summed E-state index contributed by atoms with van der Waals surface area (Å²) in [5.74, 6) is 0.990. The molecule has 0 radical (unpaired) electrons. The molecule has 1 aliphatic carbocycles. The van der Waals surface area contributed by atoms with Gasteiger partial charge in [0, 0.05) is 13.5 Å². The minimum Gasteiger partial charge on any atom is -0.389 e. The van der Waals surface area contributed by atoms with Crippen molar-refractivity contribution >= 4 is 11.0 Å². The van der Waals surface area contributed by atoms with E-state index < -0.39 is 5.60 Å². The van der Waals surface area contributed by atoms with Crippen LogP contribution in [0.1, 0.15) is 45.4 Å². The molecule has 1 aromatic heterocycles. The Labute approximate surface area is 120 Å². The summed E-state index contributed by atoms with van der Waals surface area (Å²) >= 11 is 0. The average molecular weight is 272 g/mol. The van der Waals surface area contributed by atoms with Gasteiger partial charge in [-0.1, -0.05) is 38.8 Å². The maximum atomic E-state index is 11.1. The number of para-hydroxylation sites is 2. The first-order valence-corrected chi connectivity index (χ1v) is 7.56. The lowest BCUT2D eigenvalue weighted by molar-refractivity contribution is -0.0973. The highest BCUT2D eigenvalue weighted by Crippen LogP contribution is 2.45. The molecule has 1 heterocycles. The molecule has 108 valence electrons. The van der Waals surface area contributed by atoms with Crippen LogP contribution in [-0.2, 0) is 13.5 Å². The molecule has 1 atom stereocenters. The van der Waals surface area contributed by atoms with Crippen molar-refractivity contribution in [3.63, 3.8) is 0 Å². The van der Waals surface area contributed by atoms with Gasteiger partial charge < -0.3 is 9.67 Å². The van der Waals surface area contributed by atoms with Gasteiger partial charge >= 0.3 is 0 Å². The zero-order valence-electron chi connectivity index (χ0n) is 12.7. The van der Waals surface area contributed by atoms with Crippen LogP contribution >= 0.6 is 0 Å². The number of aliphatic hydroxyl groups is 1. The highest BCUT2D eigenvalue weighted by molar-refractivity contribution is 5.75. The van der Waals surface area contributed by atoms with E-state index in [4.69, 9.17) is 4.98 Å². The van der Waals surface area contributed by atoms with Crippen molar-refractivity contribution in [1.29, 1.82) is 0 Å². The summed E-state index contributed by atoms with van der Waals surface area (Å²) in [6, 6.07) is 8.17. The molecule has 1 N–H and O–H groups in total. The Balaban J connectivity index is 1.98. The molecule has 0 aliphatic heterocycles. The number of hydrogen-bond acceptors (Lipinski definition) is 2. The fourth-order valence-electron chi connectivity index (χ4n) is 3.50. The second-order valence-electron chi connectivity index (χ2n) is 6.88. The molecular weight excluding hydrogens is 248 g/mol. The molecule has 0 amide bonds. The van der Waals surface area contributed by atoms with E-state index in [-0.39, 0.29) is 5.41 Å². The number of fused-ring (bicyclic) bond motifs is 1. The first-order chi connectivity index (χ1) is 9.43. The Kier molecular flexibility index (Phi) is 3.13. The summed E-state index contributed by atoms with van der Waals surface area (Å²) < 4.78 is 2.12. The fraction of sp³-hybridized carbons (Fsp3) is 0.588. The lowest BCUT2D eigenvalue weighted by atomic mass is 9.64. The van der Waals surface area contributed by atoms with Crippen LogP contribution in [0.15, 0.2) is 24.3 Å². The van der Waals surface area contributed by atoms with E-state index in [2.05, 4.69) is 24.5 Å². The van der Waals surface area contributed by atoms with Gasteiger partial charge in [-0.15, -0.1) is 0 Å². The average Bonchev–Trinajstić information content (AvgIpc) is 2.71. The summed E-state index contributed by atoms with van der Waals surface area (Å²) in [6.45, 7) is 4.38. The number of benzene rings is 1. The molecule has 1 saturated carbocycles. The van der Waals surface area contributed by atoms with Gasteiger partial charge in [0.05, 0.1) is 16.6 Å². The van der Waals surface area contributed by atoms with E-state index in [1.54, 1.807) is 0 Å². The van der Waals surface area contributed by atoms with Crippen molar-refractivity contribution in [2.24, 2.45) is 12.5 Å². The van der Waals surface area contributed by atoms with Crippen LogP contribution in [0.3, 0.4) is 0 Å². The van der Waals surface area contributed by atoms with E-state index in [0.717, 1.165) is 36.1 Å². The Morgan fingerprint density at radius 1 is 1.20 bits per heavy atom. The summed E-state index contributed by atoms with van der Waals surface area (Å²) in [4.78, 5) is 4.72. The number of aryl methyl sites for hydroxylation is 1. The van der Waals surface area contributed by atoms with Crippen LogP contribution in [0.25, 0.3) is 11.0 Å². The molecule has 0 bridgehead atoms. The summed E-state index contributed by atoms with van der Waals surface area (Å²) in [7, 11) is 2.05. The largest absolute Gasteiger partial charge is 0.389 e. The van der Waals surface area contributed by atoms with Gasteiger partial charge in [-0.25, -0.2) is 4.98 Å². The number of imidazole rings is 1. The summed E-state index contributed by atoms with van der Waals surface area (Å²) in [5, 5.41) is 11.1. The number of nitrogens with zero attached hydrogens (tertiary/aromatic N) is 2. The number of rotatable bonds is 2. The Morgan fingerprint density at radius 2 is 1.90 bits per heavy atom. The van der Waals surface area contributed by atoms with Crippen LogP contribution in [0.4, 0.5) is 0 Å². The number of hydrogen-bond donors (Lipinski definition) is 1. The van der Waals surface area contributed by atoms with Crippen LogP contribution in [0, 0.1) is 5.41 Å². The SMILES string of the molecule is Cn1c(CC2(O)CCCCC2(C)C)nc2ccccc21. The van der Waals surface area contributed by atoms with E-state index >= 15 is 0 Å². The highest BCUT2D eigenvalue weighted by Gasteiger charge is 2.45. The van der Waals surface area contributed by atoms with Gasteiger partial charge in [-0.2, -0.15) is 0 Å². The third-order valence-corrected chi connectivity index (χ3v) is 5.23. The summed E-state index contributed by atoms with van der Waals surface area (Å²) in [5.41, 5.74) is 1.48. The first-order valence-electron chi connectivity index (χ1n) is 7.56. The second kappa shape index (κ2) is 4.59. The van der Waals surface area contributed by atoms with Crippen molar-refractivity contribution in [1.82, 2.24) is 9.55 Å². The minimum absolute atomic E-state index is 0.0383. The van der Waals surface area contributed by atoms with Crippen LogP contribution < -0.4 is 0 Å². The molecule has 0 spiro atoms. The smallest absolute Gasteiger partial charge is 0.112 e. The van der Waals surface area contributed by atoms with Gasteiger partial charge in [0.1, 0.15) is 5.82 Å². The molecule has 2 aromatic rings. The van der Waals surface area contributed by atoms with Crippen LogP contribution in [0.5, 0.6) is 0 Å². The Morgan fingerprint density at radius 3 is 2.60 bits per heavy atom. The van der Waals surface area contributed by atoms with Crippen molar-refractivity contribution < 1.29 is 5.11 Å². The Bertz CT molecular complexity index is 629. The zero-order valence-corrected chi connectivity index (χ0v) is 12.7. The normalized spacial score (nSPS) is 26.0. The van der Waals surface area contributed by atoms with E-state index in [0.29, 0.717) is 6.42 Å². The topological polar surface area (TPSA) is 38.0 Å². The third kappa shape index (κ3) is 2.05. The van der Waals surface area contributed by atoms with Crippen LogP contribution in [-0.4, -0.2) is 20.3 Å². The highest BCUT2D eigenvalue weighted by atomic mass is 16.3. The van der Waals surface area contributed by atoms with Crippen molar-refractivity contribution in [2.75, 3.05) is 0 Å². The van der Waals surface area contributed by atoms with Gasteiger partial charge in [-0.05, 0) is 30.4 Å². The minimum atomic E-state index is -0.639. The maximum absolute atomic E-state index is 11.1. The van der Waals surface area contributed by atoms with Gasteiger partial charge in [0.25, 0.3) is 0 Å². The monoisotopic (exact) mass is 272 g/mol. The van der Waals surface area contributed by atoms with Gasteiger partial charge in [0.2, 0.25) is 0 Å². The molecule has 3 heteroatoms. The second-order valence-corrected chi connectivity index (χ2v) is 6.88. The van der Waals surface area contributed by atoms with Crippen molar-refractivity contribution in [3.8, 4) is 0 Å². The van der Waals surface area contributed by atoms with E-state index in [1.807, 2.05) is 25.2 Å². The molecule has 3 nitrogen and oxygen atoms in total. The molecular formula is C17H24N2O. The van der Waals surface area contributed by atoms with Crippen molar-refractivity contribution in [3.05, 3.63) is 30.1 Å². The maximum Gasteiger partial charge on any atom is 0.112 e. The fourth-order valence-corrected chi connectivity index (χ4v) is 3.50. The first kappa shape index (κ1) is 13.6. The summed E-state index contributed by atoms with van der Waals surface area (Å²) in [6.07, 6.45) is 4.95. The van der Waals surface area contributed by atoms with E-state index in [1.165, 1.54) is 6.42 Å². The molecule has 20 heavy (non-hydrogen) atoms. The molecule has 3 rings (SSSR count). The molecule has 1 aliphatic rings. The van der Waals surface area contributed by atoms with Crippen molar-refractivity contribution in [2.45, 2.75) is 51.6 Å². The predicted octanol–water partition coefficient (Wildman–Crippen LogP) is 3.45. The van der Waals surface area contributed by atoms with Crippen LogP contribution in [0.2, 0.25) is 0 Å². The Hall–Kier alpha value is -1.35. The molecule has 1 aromatic carbocycles. The van der Waals surface area contributed by atoms with Gasteiger partial charge in [-0.3, -0.25) is 0 Å². The standard InChI is InChI=1S/C17H24N2O/c1-16(2)10-6-7-11-17(16,20)12-15-18-13-8-4-5-9-14(13)19(15)3/h4-5,8-9,20H,6-7,10-12H2,1-3H3. The number of aromatic nitrogens is 2. The zero-order chi connectivity index (χ0) is 14.4. The lowest BCUT2D eigenvalue weighted by Crippen LogP contribution is -2.49. The quantitative estimate of drug-likeness (QED) is 0.909. The van der Waals surface area contributed by atoms with Gasteiger partial charge in [0.15, 0.2) is 0 Å².